The lowest BCUT2D eigenvalue weighted by Gasteiger charge is -2.10. The number of aromatic nitrogens is 3. The predicted octanol–water partition coefficient (Wildman–Crippen LogP) is 2.73. The van der Waals surface area contributed by atoms with Crippen LogP contribution in [0.5, 0.6) is 0 Å². The zero-order valence-electron chi connectivity index (χ0n) is 12.7. The van der Waals surface area contributed by atoms with E-state index < -0.39 is 11.2 Å². The lowest BCUT2D eigenvalue weighted by Crippen LogP contribution is -2.41. The van der Waals surface area contributed by atoms with Crippen LogP contribution in [0.3, 0.4) is 0 Å². The van der Waals surface area contributed by atoms with E-state index in [9.17, 15) is 9.59 Å². The summed E-state index contributed by atoms with van der Waals surface area (Å²) < 4.78 is 2.16. The minimum Gasteiger partial charge on any atom is -0.266 e. The van der Waals surface area contributed by atoms with Crippen molar-refractivity contribution in [1.29, 1.82) is 5.26 Å². The number of rotatable bonds is 3. The van der Waals surface area contributed by atoms with Crippen molar-refractivity contribution < 1.29 is 0 Å². The van der Waals surface area contributed by atoms with Crippen LogP contribution in [0.25, 0.3) is 5.69 Å². The molecule has 0 aliphatic rings. The highest BCUT2D eigenvalue weighted by atomic mass is 79.9. The predicted molar refractivity (Wildman–Crippen MR) is 97.1 cm³/mol. The molecule has 3 rings (SSSR count). The molecule has 0 saturated carbocycles. The Hall–Kier alpha value is -2.69. The molecule has 0 radical (unpaired) electrons. The first-order valence-corrected chi connectivity index (χ1v) is 8.31. The van der Waals surface area contributed by atoms with E-state index in [2.05, 4.69) is 21.0 Å². The van der Waals surface area contributed by atoms with Crippen LogP contribution >= 0.6 is 27.5 Å². The van der Waals surface area contributed by atoms with Gasteiger partial charge in [0.25, 0.3) is 5.56 Å². The summed E-state index contributed by atoms with van der Waals surface area (Å²) in [6.07, 6.45) is 0. The second kappa shape index (κ2) is 7.05. The molecule has 0 atom stereocenters. The van der Waals surface area contributed by atoms with Crippen molar-refractivity contribution >= 4 is 27.5 Å². The molecule has 124 valence electrons. The molecule has 2 aromatic carbocycles. The Kier molecular flexibility index (Phi) is 4.83. The van der Waals surface area contributed by atoms with Gasteiger partial charge < -0.3 is 0 Å². The van der Waals surface area contributed by atoms with Gasteiger partial charge in [-0.05, 0) is 51.8 Å². The zero-order valence-corrected chi connectivity index (χ0v) is 15.0. The van der Waals surface area contributed by atoms with Crippen LogP contribution < -0.4 is 11.2 Å². The van der Waals surface area contributed by atoms with Crippen molar-refractivity contribution in [2.45, 2.75) is 6.54 Å². The Morgan fingerprint density at radius 3 is 2.56 bits per heavy atom. The van der Waals surface area contributed by atoms with Crippen LogP contribution in [0.4, 0.5) is 0 Å². The average molecular weight is 418 g/mol. The van der Waals surface area contributed by atoms with E-state index in [0.29, 0.717) is 16.3 Å². The summed E-state index contributed by atoms with van der Waals surface area (Å²) in [5.41, 5.74) is 0.400. The van der Waals surface area contributed by atoms with Crippen LogP contribution in [0.1, 0.15) is 11.1 Å². The van der Waals surface area contributed by atoms with Gasteiger partial charge in [0, 0.05) is 5.02 Å². The van der Waals surface area contributed by atoms with Gasteiger partial charge >= 0.3 is 5.69 Å². The maximum absolute atomic E-state index is 12.7. The van der Waals surface area contributed by atoms with Crippen molar-refractivity contribution in [1.82, 2.24) is 14.3 Å². The van der Waals surface area contributed by atoms with Gasteiger partial charge in [-0.2, -0.15) is 15.0 Å². The molecule has 0 saturated heterocycles. The first-order chi connectivity index (χ1) is 12.0. The first kappa shape index (κ1) is 17.1. The van der Waals surface area contributed by atoms with Gasteiger partial charge in [-0.3, -0.25) is 9.36 Å². The van der Waals surface area contributed by atoms with E-state index in [4.69, 9.17) is 16.9 Å². The molecule has 6 nitrogen and oxygen atoms in total. The fourth-order valence-corrected chi connectivity index (χ4v) is 2.77. The van der Waals surface area contributed by atoms with E-state index in [1.807, 2.05) is 6.07 Å². The molecule has 3 aromatic rings. The largest absolute Gasteiger partial charge is 0.352 e. The Balaban J connectivity index is 2.15. The van der Waals surface area contributed by atoms with Gasteiger partial charge in [0.2, 0.25) is 0 Å². The van der Waals surface area contributed by atoms with Gasteiger partial charge in [-0.15, -0.1) is 0 Å². The standard InChI is InChI=1S/C17H10BrClN4O2/c18-15-16(24)22(10-11-4-6-13(19)7-5-11)17(25)23(21-15)14-3-1-2-12(8-14)9-20/h1-8H,10H2. The first-order valence-electron chi connectivity index (χ1n) is 7.14. The summed E-state index contributed by atoms with van der Waals surface area (Å²) in [4.78, 5) is 25.1. The van der Waals surface area contributed by atoms with Crippen molar-refractivity contribution in [3.8, 4) is 11.8 Å². The third kappa shape index (κ3) is 3.55. The summed E-state index contributed by atoms with van der Waals surface area (Å²) in [6, 6.07) is 15.3. The van der Waals surface area contributed by atoms with Crippen LogP contribution in [0, 0.1) is 11.3 Å². The topological polar surface area (TPSA) is 80.7 Å². The summed E-state index contributed by atoms with van der Waals surface area (Å²) in [7, 11) is 0. The quantitative estimate of drug-likeness (QED) is 0.656. The fourth-order valence-electron chi connectivity index (χ4n) is 2.27. The van der Waals surface area contributed by atoms with Crippen molar-refractivity contribution in [2.75, 3.05) is 0 Å². The third-order valence-corrected chi connectivity index (χ3v) is 4.25. The Morgan fingerprint density at radius 2 is 1.88 bits per heavy atom. The maximum Gasteiger partial charge on any atom is 0.352 e. The lowest BCUT2D eigenvalue weighted by atomic mass is 10.2. The zero-order chi connectivity index (χ0) is 18.0. The normalized spacial score (nSPS) is 10.4. The molecule has 0 spiro atoms. The molecule has 0 amide bonds. The number of halogens is 2. The van der Waals surface area contributed by atoms with Gasteiger partial charge in [0.1, 0.15) is 0 Å². The SMILES string of the molecule is N#Cc1cccc(-n2nc(Br)c(=O)n(Cc3ccc(Cl)cc3)c2=O)c1. The average Bonchev–Trinajstić information content (AvgIpc) is 2.63. The summed E-state index contributed by atoms with van der Waals surface area (Å²) >= 11 is 8.96. The van der Waals surface area contributed by atoms with Crippen molar-refractivity contribution in [2.24, 2.45) is 0 Å². The number of hydrogen-bond donors (Lipinski definition) is 0. The van der Waals surface area contributed by atoms with E-state index in [1.165, 1.54) is 6.07 Å². The molecule has 0 aliphatic carbocycles. The van der Waals surface area contributed by atoms with E-state index in [0.717, 1.165) is 14.8 Å². The van der Waals surface area contributed by atoms with Gasteiger partial charge in [0.05, 0.1) is 23.9 Å². The highest BCUT2D eigenvalue weighted by molar-refractivity contribution is 9.10. The molecule has 0 bridgehead atoms. The minimum atomic E-state index is -0.599. The van der Waals surface area contributed by atoms with Crippen molar-refractivity contribution in [3.63, 3.8) is 0 Å². The summed E-state index contributed by atoms with van der Waals surface area (Å²) in [5.74, 6) is 0. The fraction of sp³-hybridized carbons (Fsp3) is 0.0588. The van der Waals surface area contributed by atoms with E-state index in [-0.39, 0.29) is 11.1 Å². The van der Waals surface area contributed by atoms with Gasteiger partial charge in [0.15, 0.2) is 4.60 Å². The summed E-state index contributed by atoms with van der Waals surface area (Å²) in [6.45, 7) is 0.0773. The van der Waals surface area contributed by atoms with Crippen LogP contribution in [0.2, 0.25) is 5.02 Å². The number of hydrogen-bond acceptors (Lipinski definition) is 4. The van der Waals surface area contributed by atoms with E-state index in [1.54, 1.807) is 42.5 Å². The smallest absolute Gasteiger partial charge is 0.266 e. The second-order valence-corrected chi connectivity index (χ2v) is 6.35. The molecule has 0 fully saturated rings. The maximum atomic E-state index is 12.7. The van der Waals surface area contributed by atoms with Crippen LogP contribution in [-0.4, -0.2) is 14.3 Å². The highest BCUT2D eigenvalue weighted by Crippen LogP contribution is 2.11. The Morgan fingerprint density at radius 1 is 1.16 bits per heavy atom. The summed E-state index contributed by atoms with van der Waals surface area (Å²) in [5, 5.41) is 13.6. The number of nitriles is 1. The molecule has 1 heterocycles. The number of benzene rings is 2. The van der Waals surface area contributed by atoms with Gasteiger partial charge in [-0.1, -0.05) is 29.8 Å². The van der Waals surface area contributed by atoms with Crippen LogP contribution in [-0.2, 0) is 6.54 Å². The molecule has 0 unspecified atom stereocenters. The molecule has 1 aromatic heterocycles. The lowest BCUT2D eigenvalue weighted by molar-refractivity contribution is 0.607. The number of nitrogens with zero attached hydrogens (tertiary/aromatic N) is 4. The second-order valence-electron chi connectivity index (χ2n) is 5.17. The molecule has 0 N–H and O–H groups in total. The molecular formula is C17H10BrClN4O2. The van der Waals surface area contributed by atoms with Crippen LogP contribution in [0.15, 0.2) is 62.7 Å². The molecule has 8 heteroatoms. The minimum absolute atomic E-state index is 0.00317. The molecule has 0 aliphatic heterocycles. The van der Waals surface area contributed by atoms with Crippen molar-refractivity contribution in [3.05, 3.63) is 90.1 Å². The highest BCUT2D eigenvalue weighted by Gasteiger charge is 2.13. The van der Waals surface area contributed by atoms with E-state index >= 15 is 0 Å². The molecule has 25 heavy (non-hydrogen) atoms. The Bertz CT molecular complexity index is 1100. The Labute approximate surface area is 155 Å². The monoisotopic (exact) mass is 416 g/mol. The van der Waals surface area contributed by atoms with Gasteiger partial charge in [-0.25, -0.2) is 4.79 Å². The molecular weight excluding hydrogens is 408 g/mol. The third-order valence-electron chi connectivity index (χ3n) is 3.50.